The number of aryl methyl sites for hydroxylation is 1. The van der Waals surface area contributed by atoms with Crippen LogP contribution in [0.1, 0.15) is 30.3 Å². The van der Waals surface area contributed by atoms with Gasteiger partial charge in [0.25, 0.3) is 5.91 Å². The summed E-state index contributed by atoms with van der Waals surface area (Å²) in [5, 5.41) is 16.3. The molecular weight excluding hydrogens is 246 g/mol. The van der Waals surface area contributed by atoms with Crippen molar-refractivity contribution in [2.75, 3.05) is 32.7 Å². The zero-order chi connectivity index (χ0) is 14.0. The number of rotatable bonds is 3. The maximum Gasteiger partial charge on any atom is 0.293 e. The van der Waals surface area contributed by atoms with E-state index in [4.69, 9.17) is 0 Å². The van der Waals surface area contributed by atoms with E-state index in [0.717, 1.165) is 13.1 Å². The number of aromatic amines is 1. The van der Waals surface area contributed by atoms with Gasteiger partial charge in [0, 0.05) is 32.7 Å². The van der Waals surface area contributed by atoms with Crippen LogP contribution in [-0.4, -0.2) is 74.3 Å². The molecule has 1 saturated heterocycles. The summed E-state index contributed by atoms with van der Waals surface area (Å²) in [6.45, 7) is 8.78. The Morgan fingerprint density at radius 1 is 1.37 bits per heavy atom. The van der Waals surface area contributed by atoms with Gasteiger partial charge in [-0.2, -0.15) is 0 Å². The van der Waals surface area contributed by atoms with Gasteiger partial charge in [-0.25, -0.2) is 4.98 Å². The third kappa shape index (κ3) is 3.74. The van der Waals surface area contributed by atoms with E-state index in [9.17, 15) is 9.90 Å². The number of H-pyrrole nitrogens is 1. The molecule has 0 spiro atoms. The van der Waals surface area contributed by atoms with Crippen LogP contribution in [-0.2, 0) is 0 Å². The minimum Gasteiger partial charge on any atom is -0.389 e. The standard InChI is InChI=1S/C12H21N5O2/c1-9-13-10(15-14-9)11(18)17-6-4-16(5-7-17)8-12(2,3)19/h19H,4-8H2,1-3H3,(H,13,14,15). The summed E-state index contributed by atoms with van der Waals surface area (Å²) < 4.78 is 0. The first kappa shape index (κ1) is 14.0. The second kappa shape index (κ2) is 5.26. The van der Waals surface area contributed by atoms with E-state index in [0.29, 0.717) is 25.5 Å². The molecule has 0 atom stereocenters. The quantitative estimate of drug-likeness (QED) is 0.781. The second-order valence-corrected chi connectivity index (χ2v) is 5.63. The van der Waals surface area contributed by atoms with Crippen molar-refractivity contribution in [3.05, 3.63) is 11.6 Å². The number of hydrogen-bond acceptors (Lipinski definition) is 5. The summed E-state index contributed by atoms with van der Waals surface area (Å²) in [6, 6.07) is 0. The van der Waals surface area contributed by atoms with Gasteiger partial charge in [0.05, 0.1) is 5.60 Å². The van der Waals surface area contributed by atoms with Crippen LogP contribution in [0.4, 0.5) is 0 Å². The minimum absolute atomic E-state index is 0.132. The molecule has 1 aromatic heterocycles. The molecule has 2 heterocycles. The molecule has 106 valence electrons. The average molecular weight is 267 g/mol. The molecule has 1 fully saturated rings. The van der Waals surface area contributed by atoms with Crippen molar-refractivity contribution in [3.8, 4) is 0 Å². The number of aromatic nitrogens is 3. The highest BCUT2D eigenvalue weighted by molar-refractivity contribution is 5.90. The number of nitrogens with zero attached hydrogens (tertiary/aromatic N) is 4. The molecule has 2 N–H and O–H groups in total. The Hall–Kier alpha value is -1.47. The van der Waals surface area contributed by atoms with Gasteiger partial charge < -0.3 is 10.0 Å². The molecular formula is C12H21N5O2. The summed E-state index contributed by atoms with van der Waals surface area (Å²) in [5.74, 6) is 0.740. The zero-order valence-electron chi connectivity index (χ0n) is 11.7. The number of β-amino-alcohol motifs (C(OH)–C–C–N with tert-alkyl or cyclic N) is 1. The fourth-order valence-corrected chi connectivity index (χ4v) is 2.24. The van der Waals surface area contributed by atoms with E-state index in [1.807, 2.05) is 0 Å². The largest absolute Gasteiger partial charge is 0.389 e. The van der Waals surface area contributed by atoms with Crippen molar-refractivity contribution in [3.63, 3.8) is 0 Å². The molecule has 0 unspecified atom stereocenters. The highest BCUT2D eigenvalue weighted by Gasteiger charge is 2.26. The fraction of sp³-hybridized carbons (Fsp3) is 0.750. The molecule has 0 radical (unpaired) electrons. The molecule has 1 aromatic rings. The predicted octanol–water partition coefficient (Wildman–Crippen LogP) is -0.358. The minimum atomic E-state index is -0.701. The number of amides is 1. The molecule has 1 aliphatic rings. The van der Waals surface area contributed by atoms with Crippen LogP contribution in [0.15, 0.2) is 0 Å². The molecule has 0 aromatic carbocycles. The highest BCUT2D eigenvalue weighted by Crippen LogP contribution is 2.10. The summed E-state index contributed by atoms with van der Waals surface area (Å²) in [6.07, 6.45) is 0. The predicted molar refractivity (Wildman–Crippen MR) is 69.8 cm³/mol. The average Bonchev–Trinajstić information content (AvgIpc) is 2.74. The van der Waals surface area contributed by atoms with Gasteiger partial charge in [-0.1, -0.05) is 0 Å². The van der Waals surface area contributed by atoms with Crippen molar-refractivity contribution in [2.45, 2.75) is 26.4 Å². The van der Waals surface area contributed by atoms with Crippen LogP contribution >= 0.6 is 0 Å². The molecule has 1 aliphatic heterocycles. The Morgan fingerprint density at radius 3 is 2.47 bits per heavy atom. The van der Waals surface area contributed by atoms with Crippen LogP contribution in [0, 0.1) is 6.92 Å². The molecule has 0 saturated carbocycles. The van der Waals surface area contributed by atoms with Crippen molar-refractivity contribution >= 4 is 5.91 Å². The van der Waals surface area contributed by atoms with Gasteiger partial charge in [0.15, 0.2) is 0 Å². The molecule has 0 bridgehead atoms. The van der Waals surface area contributed by atoms with E-state index in [1.54, 1.807) is 25.7 Å². The molecule has 7 heteroatoms. The lowest BCUT2D eigenvalue weighted by Gasteiger charge is -2.36. The Bertz CT molecular complexity index is 443. The zero-order valence-corrected chi connectivity index (χ0v) is 11.7. The maximum atomic E-state index is 12.1. The summed E-state index contributed by atoms with van der Waals surface area (Å²) >= 11 is 0. The normalized spacial score (nSPS) is 17.8. The van der Waals surface area contributed by atoms with Crippen molar-refractivity contribution < 1.29 is 9.90 Å². The number of hydrogen-bond donors (Lipinski definition) is 2. The van der Waals surface area contributed by atoms with Gasteiger partial charge in [0.1, 0.15) is 5.82 Å². The monoisotopic (exact) mass is 267 g/mol. The van der Waals surface area contributed by atoms with Crippen molar-refractivity contribution in [1.82, 2.24) is 25.0 Å². The van der Waals surface area contributed by atoms with E-state index < -0.39 is 5.60 Å². The van der Waals surface area contributed by atoms with Crippen LogP contribution in [0.25, 0.3) is 0 Å². The van der Waals surface area contributed by atoms with Crippen LogP contribution in [0.2, 0.25) is 0 Å². The van der Waals surface area contributed by atoms with E-state index >= 15 is 0 Å². The lowest BCUT2D eigenvalue weighted by molar-refractivity contribution is 0.0176. The number of aliphatic hydroxyl groups is 1. The van der Waals surface area contributed by atoms with Gasteiger partial charge in [-0.3, -0.25) is 14.8 Å². The fourth-order valence-electron chi connectivity index (χ4n) is 2.24. The third-order valence-electron chi connectivity index (χ3n) is 3.06. The summed E-state index contributed by atoms with van der Waals surface area (Å²) in [5.41, 5.74) is -0.701. The van der Waals surface area contributed by atoms with Gasteiger partial charge in [0.2, 0.25) is 5.82 Å². The molecule has 0 aliphatic carbocycles. The van der Waals surface area contributed by atoms with Crippen LogP contribution in [0.5, 0.6) is 0 Å². The van der Waals surface area contributed by atoms with Gasteiger partial charge >= 0.3 is 0 Å². The Balaban J connectivity index is 1.88. The molecule has 7 nitrogen and oxygen atoms in total. The highest BCUT2D eigenvalue weighted by atomic mass is 16.3. The third-order valence-corrected chi connectivity index (χ3v) is 3.06. The summed E-state index contributed by atoms with van der Waals surface area (Å²) in [4.78, 5) is 20.1. The van der Waals surface area contributed by atoms with Crippen LogP contribution < -0.4 is 0 Å². The lowest BCUT2D eigenvalue weighted by Crippen LogP contribution is -2.52. The SMILES string of the molecule is Cc1nc(C(=O)N2CCN(CC(C)(C)O)CC2)n[nH]1. The first-order chi connectivity index (χ1) is 8.85. The van der Waals surface area contributed by atoms with Gasteiger partial charge in [-0.15, -0.1) is 5.10 Å². The number of nitrogens with one attached hydrogen (secondary N) is 1. The van der Waals surface area contributed by atoms with E-state index in [1.165, 1.54) is 0 Å². The van der Waals surface area contributed by atoms with E-state index in [2.05, 4.69) is 20.1 Å². The smallest absolute Gasteiger partial charge is 0.293 e. The second-order valence-electron chi connectivity index (χ2n) is 5.63. The topological polar surface area (TPSA) is 85.3 Å². The van der Waals surface area contributed by atoms with Crippen molar-refractivity contribution in [1.29, 1.82) is 0 Å². The Kier molecular flexibility index (Phi) is 3.86. The molecule has 2 rings (SSSR count). The van der Waals surface area contributed by atoms with Crippen LogP contribution in [0.3, 0.4) is 0 Å². The lowest BCUT2D eigenvalue weighted by atomic mass is 10.1. The molecule has 1 amide bonds. The van der Waals surface area contributed by atoms with E-state index in [-0.39, 0.29) is 11.7 Å². The van der Waals surface area contributed by atoms with Crippen molar-refractivity contribution in [2.24, 2.45) is 0 Å². The first-order valence-electron chi connectivity index (χ1n) is 6.48. The molecule has 19 heavy (non-hydrogen) atoms. The number of carbonyl (C=O) groups excluding carboxylic acids is 1. The van der Waals surface area contributed by atoms with Gasteiger partial charge in [-0.05, 0) is 20.8 Å². The maximum absolute atomic E-state index is 12.1. The Labute approximate surface area is 112 Å². The number of piperazine rings is 1. The summed E-state index contributed by atoms with van der Waals surface area (Å²) in [7, 11) is 0. The Morgan fingerprint density at radius 2 is 2.00 bits per heavy atom. The first-order valence-corrected chi connectivity index (χ1v) is 6.48. The number of carbonyl (C=O) groups is 1.